The molecule has 0 amide bonds. The molecule has 2 atom stereocenters. The van der Waals surface area contributed by atoms with Gasteiger partial charge in [0.05, 0.1) is 5.69 Å². The topological polar surface area (TPSA) is 17.8 Å². The molecule has 108 valence electrons. The van der Waals surface area contributed by atoms with Crippen LogP contribution in [0.1, 0.15) is 64.4 Å². The minimum absolute atomic E-state index is 0.419. The average molecular weight is 262 g/mol. The van der Waals surface area contributed by atoms with E-state index in [1.54, 1.807) is 5.56 Å². The number of hydrogen-bond acceptors (Lipinski definition) is 1. The SMILES string of the molecule is CC1CCc2c(CC(C)CC(C)(C)C)nn(C)c2C1. The molecule has 0 saturated carbocycles. The van der Waals surface area contributed by atoms with Gasteiger partial charge in [0.15, 0.2) is 0 Å². The van der Waals surface area contributed by atoms with Crippen LogP contribution in [-0.4, -0.2) is 9.78 Å². The first-order chi connectivity index (χ1) is 8.76. The van der Waals surface area contributed by atoms with Crippen LogP contribution in [0.15, 0.2) is 0 Å². The van der Waals surface area contributed by atoms with E-state index >= 15 is 0 Å². The molecule has 2 heteroatoms. The molecule has 1 aliphatic carbocycles. The molecule has 1 aromatic rings. The number of rotatable bonds is 3. The van der Waals surface area contributed by atoms with E-state index in [9.17, 15) is 0 Å². The zero-order valence-corrected chi connectivity index (χ0v) is 13.6. The van der Waals surface area contributed by atoms with Crippen LogP contribution in [0.5, 0.6) is 0 Å². The lowest BCUT2D eigenvalue weighted by atomic mass is 9.82. The van der Waals surface area contributed by atoms with E-state index in [1.807, 2.05) is 0 Å². The van der Waals surface area contributed by atoms with Gasteiger partial charge in [0.2, 0.25) is 0 Å². The Hall–Kier alpha value is -0.790. The maximum absolute atomic E-state index is 4.81. The Morgan fingerprint density at radius 3 is 2.68 bits per heavy atom. The Morgan fingerprint density at radius 2 is 2.05 bits per heavy atom. The molecular formula is C17H30N2. The Morgan fingerprint density at radius 1 is 1.37 bits per heavy atom. The van der Waals surface area contributed by atoms with Crippen LogP contribution >= 0.6 is 0 Å². The van der Waals surface area contributed by atoms with E-state index in [4.69, 9.17) is 5.10 Å². The molecule has 0 aromatic carbocycles. The lowest BCUT2D eigenvalue weighted by molar-refractivity contribution is 0.304. The van der Waals surface area contributed by atoms with Crippen LogP contribution < -0.4 is 0 Å². The molecule has 0 aliphatic heterocycles. The van der Waals surface area contributed by atoms with Crippen molar-refractivity contribution in [2.45, 2.75) is 66.7 Å². The van der Waals surface area contributed by atoms with E-state index < -0.39 is 0 Å². The summed E-state index contributed by atoms with van der Waals surface area (Å²) in [7, 11) is 2.12. The number of hydrogen-bond donors (Lipinski definition) is 0. The Balaban J connectivity index is 2.12. The summed E-state index contributed by atoms with van der Waals surface area (Å²) in [4.78, 5) is 0. The zero-order valence-electron chi connectivity index (χ0n) is 13.6. The first kappa shape index (κ1) is 14.6. The van der Waals surface area contributed by atoms with Gasteiger partial charge >= 0.3 is 0 Å². The summed E-state index contributed by atoms with van der Waals surface area (Å²) in [5.41, 5.74) is 4.86. The Kier molecular flexibility index (Phi) is 4.08. The Labute approximate surface area is 118 Å². The van der Waals surface area contributed by atoms with Crippen LogP contribution in [0.25, 0.3) is 0 Å². The highest BCUT2D eigenvalue weighted by atomic mass is 15.3. The lowest BCUT2D eigenvalue weighted by Gasteiger charge is -2.23. The molecule has 2 unspecified atom stereocenters. The summed E-state index contributed by atoms with van der Waals surface area (Å²) < 4.78 is 2.14. The molecule has 0 radical (unpaired) electrons. The third-order valence-corrected chi connectivity index (χ3v) is 4.29. The summed E-state index contributed by atoms with van der Waals surface area (Å²) in [6.07, 6.45) is 6.21. The second kappa shape index (κ2) is 5.30. The largest absolute Gasteiger partial charge is 0.272 e. The van der Waals surface area contributed by atoms with E-state index in [-0.39, 0.29) is 0 Å². The van der Waals surface area contributed by atoms with Crippen molar-refractivity contribution in [1.29, 1.82) is 0 Å². The fraction of sp³-hybridized carbons (Fsp3) is 0.824. The first-order valence-electron chi connectivity index (χ1n) is 7.80. The van der Waals surface area contributed by atoms with Crippen LogP contribution in [-0.2, 0) is 26.3 Å². The summed E-state index contributed by atoms with van der Waals surface area (Å²) in [5.74, 6) is 1.54. The minimum atomic E-state index is 0.419. The minimum Gasteiger partial charge on any atom is -0.272 e. The van der Waals surface area contributed by atoms with Gasteiger partial charge in [0, 0.05) is 12.7 Å². The van der Waals surface area contributed by atoms with Gasteiger partial charge in [-0.1, -0.05) is 34.6 Å². The van der Waals surface area contributed by atoms with Gasteiger partial charge < -0.3 is 0 Å². The first-order valence-corrected chi connectivity index (χ1v) is 7.80. The van der Waals surface area contributed by atoms with Crippen molar-refractivity contribution in [2.24, 2.45) is 24.3 Å². The van der Waals surface area contributed by atoms with Crippen molar-refractivity contribution >= 4 is 0 Å². The lowest BCUT2D eigenvalue weighted by Crippen LogP contribution is -2.15. The van der Waals surface area contributed by atoms with Crippen molar-refractivity contribution in [3.05, 3.63) is 17.0 Å². The van der Waals surface area contributed by atoms with Gasteiger partial charge in [-0.25, -0.2) is 0 Å². The molecule has 1 aromatic heterocycles. The normalized spacial score (nSPS) is 21.3. The quantitative estimate of drug-likeness (QED) is 0.800. The molecular weight excluding hydrogens is 232 g/mol. The highest BCUT2D eigenvalue weighted by Crippen LogP contribution is 2.31. The molecule has 0 N–H and O–H groups in total. The predicted octanol–water partition coefficient (Wildman–Crippen LogP) is 4.16. The average Bonchev–Trinajstić information content (AvgIpc) is 2.52. The van der Waals surface area contributed by atoms with Crippen LogP contribution in [0, 0.1) is 17.3 Å². The molecule has 1 aliphatic rings. The fourth-order valence-corrected chi connectivity index (χ4v) is 3.64. The number of aryl methyl sites for hydroxylation is 1. The molecule has 0 bridgehead atoms. The van der Waals surface area contributed by atoms with E-state index in [2.05, 4.69) is 46.3 Å². The van der Waals surface area contributed by atoms with Crippen LogP contribution in [0.4, 0.5) is 0 Å². The van der Waals surface area contributed by atoms with Crippen molar-refractivity contribution in [2.75, 3.05) is 0 Å². The van der Waals surface area contributed by atoms with E-state index in [0.29, 0.717) is 5.41 Å². The van der Waals surface area contributed by atoms with Crippen LogP contribution in [0.2, 0.25) is 0 Å². The third kappa shape index (κ3) is 3.61. The van der Waals surface area contributed by atoms with E-state index in [0.717, 1.165) is 18.3 Å². The molecule has 2 nitrogen and oxygen atoms in total. The number of aromatic nitrogens is 2. The second-order valence-corrected chi connectivity index (χ2v) is 7.92. The molecule has 1 heterocycles. The summed E-state index contributed by atoms with van der Waals surface area (Å²) in [6, 6.07) is 0. The van der Waals surface area contributed by atoms with Crippen LogP contribution in [0.3, 0.4) is 0 Å². The standard InChI is InChI=1S/C17H30N2/c1-12-7-8-14-15(18-19(6)16(14)10-12)9-13(2)11-17(3,4)5/h12-13H,7-11H2,1-6H3. The van der Waals surface area contributed by atoms with E-state index in [1.165, 1.54) is 37.1 Å². The van der Waals surface area contributed by atoms with Gasteiger partial charge in [0.1, 0.15) is 0 Å². The Bertz CT molecular complexity index is 437. The highest BCUT2D eigenvalue weighted by Gasteiger charge is 2.24. The summed E-state index contributed by atoms with van der Waals surface area (Å²) >= 11 is 0. The fourth-order valence-electron chi connectivity index (χ4n) is 3.64. The number of fused-ring (bicyclic) bond motifs is 1. The third-order valence-electron chi connectivity index (χ3n) is 4.29. The van der Waals surface area contributed by atoms with Gasteiger partial charge in [-0.05, 0) is 54.9 Å². The highest BCUT2D eigenvalue weighted by molar-refractivity contribution is 5.29. The molecule has 0 saturated heterocycles. The molecule has 0 spiro atoms. The second-order valence-electron chi connectivity index (χ2n) is 7.92. The van der Waals surface area contributed by atoms with Crippen molar-refractivity contribution < 1.29 is 0 Å². The van der Waals surface area contributed by atoms with Crippen molar-refractivity contribution in [1.82, 2.24) is 9.78 Å². The van der Waals surface area contributed by atoms with Crippen molar-refractivity contribution in [3.8, 4) is 0 Å². The molecule has 0 fully saturated rings. The number of nitrogens with zero attached hydrogens (tertiary/aromatic N) is 2. The van der Waals surface area contributed by atoms with Gasteiger partial charge in [-0.3, -0.25) is 4.68 Å². The van der Waals surface area contributed by atoms with Gasteiger partial charge in [0.25, 0.3) is 0 Å². The van der Waals surface area contributed by atoms with Gasteiger partial charge in [-0.15, -0.1) is 0 Å². The zero-order chi connectivity index (χ0) is 14.2. The summed E-state index contributed by atoms with van der Waals surface area (Å²) in [6.45, 7) is 11.7. The maximum Gasteiger partial charge on any atom is 0.0662 e. The predicted molar refractivity (Wildman–Crippen MR) is 81.3 cm³/mol. The maximum atomic E-state index is 4.81. The molecule has 2 rings (SSSR count). The van der Waals surface area contributed by atoms with Crippen molar-refractivity contribution in [3.63, 3.8) is 0 Å². The monoisotopic (exact) mass is 262 g/mol. The molecule has 19 heavy (non-hydrogen) atoms. The van der Waals surface area contributed by atoms with Gasteiger partial charge in [-0.2, -0.15) is 5.10 Å². The smallest absolute Gasteiger partial charge is 0.0662 e. The summed E-state index contributed by atoms with van der Waals surface area (Å²) in [5, 5.41) is 4.81.